The number of aromatic nitrogens is 2. The monoisotopic (exact) mass is 1340 g/mol. The lowest BCUT2D eigenvalue weighted by Gasteiger charge is -2.44. The van der Waals surface area contributed by atoms with Crippen molar-refractivity contribution in [3.8, 4) is 11.4 Å². The van der Waals surface area contributed by atoms with Gasteiger partial charge in [-0.1, -0.05) is 88.4 Å². The molecule has 0 spiro atoms. The number of nitrogens with one attached hydrogen (secondary N) is 2. The molecule has 0 radical (unpaired) electrons. The van der Waals surface area contributed by atoms with E-state index in [0.717, 1.165) is 36.8 Å². The summed E-state index contributed by atoms with van der Waals surface area (Å²) in [6.45, 7) is 16.1. The van der Waals surface area contributed by atoms with Gasteiger partial charge in [0.15, 0.2) is 30.3 Å². The fourth-order valence-electron chi connectivity index (χ4n) is 13.6. The van der Waals surface area contributed by atoms with Crippen molar-refractivity contribution < 1.29 is 80.4 Å². The van der Waals surface area contributed by atoms with E-state index in [1.54, 1.807) is 66.3 Å². The van der Waals surface area contributed by atoms with Crippen molar-refractivity contribution in [1.82, 2.24) is 34.5 Å². The summed E-state index contributed by atoms with van der Waals surface area (Å²) >= 11 is 0. The van der Waals surface area contributed by atoms with Crippen molar-refractivity contribution in [3.63, 3.8) is 0 Å². The average molecular weight is 1340 g/mol. The molecule has 2 aromatic heterocycles. The number of amides is 5. The summed E-state index contributed by atoms with van der Waals surface area (Å²) in [6.07, 6.45) is -6.44. The van der Waals surface area contributed by atoms with Crippen LogP contribution < -0.4 is 5.32 Å². The zero-order valence-electron chi connectivity index (χ0n) is 57.1. The lowest BCUT2D eigenvalue weighted by atomic mass is 9.87. The highest BCUT2D eigenvalue weighted by Gasteiger charge is 2.53. The molecule has 6 aromatic rings. The van der Waals surface area contributed by atoms with Gasteiger partial charge in [-0.15, -0.1) is 0 Å². The third-order valence-corrected chi connectivity index (χ3v) is 19.0. The maximum absolute atomic E-state index is 16.4. The van der Waals surface area contributed by atoms with E-state index in [1.165, 1.54) is 50.2 Å². The number of carbonyl (C=O) groups excluding carboxylic acids is 9. The Kier molecular flexibility index (Phi) is 23.3. The number of likely N-dealkylation sites (tertiary alicyclic amines) is 2. The number of aromatic amines is 1. The number of ketones is 1. The van der Waals surface area contributed by atoms with Crippen molar-refractivity contribution in [3.05, 3.63) is 131 Å². The minimum atomic E-state index is -1.61. The highest BCUT2D eigenvalue weighted by Crippen LogP contribution is 2.47. The predicted octanol–water partition coefficient (Wildman–Crippen LogP) is 10.5. The summed E-state index contributed by atoms with van der Waals surface area (Å²) in [7, 11) is 2.92. The number of halogens is 2. The number of fused-ring (bicyclic) bond motifs is 2. The van der Waals surface area contributed by atoms with Crippen LogP contribution in [0.4, 0.5) is 18.4 Å². The summed E-state index contributed by atoms with van der Waals surface area (Å²) < 4.78 is 69.7. The fourth-order valence-corrected chi connectivity index (χ4v) is 13.6. The molecule has 1 unspecified atom stereocenters. The van der Waals surface area contributed by atoms with Gasteiger partial charge in [0, 0.05) is 88.7 Å². The molecule has 4 aromatic carbocycles. The Bertz CT molecular complexity index is 3880. The first kappa shape index (κ1) is 72.1. The van der Waals surface area contributed by atoms with Crippen LogP contribution in [0.25, 0.3) is 33.2 Å². The second-order valence-electron chi connectivity index (χ2n) is 26.4. The molecule has 0 bridgehead atoms. The van der Waals surface area contributed by atoms with E-state index in [4.69, 9.17) is 28.4 Å². The van der Waals surface area contributed by atoms with E-state index in [9.17, 15) is 33.6 Å². The van der Waals surface area contributed by atoms with Crippen LogP contribution in [0.1, 0.15) is 130 Å². The van der Waals surface area contributed by atoms with Gasteiger partial charge in [-0.3, -0.25) is 38.5 Å². The number of ether oxygens (including phenoxy) is 6. The summed E-state index contributed by atoms with van der Waals surface area (Å²) in [5, 5.41) is 3.93. The van der Waals surface area contributed by atoms with Gasteiger partial charge in [0.25, 0.3) is 0 Å². The number of likely N-dealkylation sites (N-methyl/N-ethyl adjacent to an activating group) is 2. The summed E-state index contributed by atoms with van der Waals surface area (Å²) in [5.74, 6) is -6.91. The highest BCUT2D eigenvalue weighted by molar-refractivity contribution is 5.98. The van der Waals surface area contributed by atoms with Crippen LogP contribution in [0, 0.1) is 29.4 Å². The predicted molar refractivity (Wildman–Crippen MR) is 355 cm³/mol. The molecule has 520 valence electrons. The lowest BCUT2D eigenvalue weighted by Crippen LogP contribution is -2.58. The Balaban J connectivity index is 1.13. The smallest absolute Gasteiger partial charge is 0.410 e. The van der Waals surface area contributed by atoms with Crippen LogP contribution in [0.2, 0.25) is 0 Å². The standard InChI is InChI=1S/C73H89F2N7O15/c1-40(2)56(37-61(86)42(5)78(11)72(90)92-38-48-21-15-13-16-22-48)69(88)80-31-19-25-52(80)35-57-54-29-27-50(74)33-59(54)76-63(57)64-58(55-30-28-51(75)34-60(55)82(64)71-67(97-47(10)85)66(96-46(9)84)65(44(7)94-71)95-45(8)83)36-53-26-20-32-81(53)70(89)62(41(3)4)77-68(87)43(6)79(12)73(91)93-39-49-23-17-14-18-24-49/h13-18,21-24,27-30,33-34,40-44,52-53,56,62,65-67,71,76H,19-20,25-26,31-32,35-39H2,1-12H3,(H,77,87)/t42-,43-,44-,52?,53-,56-,62-,65+,66+,67-,71-/m0/s1. The van der Waals surface area contributed by atoms with Crippen LogP contribution >= 0.6 is 0 Å². The molecule has 3 saturated heterocycles. The van der Waals surface area contributed by atoms with Crippen molar-refractivity contribution in [2.75, 3.05) is 27.2 Å². The van der Waals surface area contributed by atoms with Crippen LogP contribution in [0.5, 0.6) is 0 Å². The van der Waals surface area contributed by atoms with Crippen molar-refractivity contribution in [1.29, 1.82) is 0 Å². The molecule has 5 heterocycles. The molecule has 5 amide bonds. The lowest BCUT2D eigenvalue weighted by molar-refractivity contribution is -0.258. The average Bonchev–Trinajstić information content (AvgIpc) is 1.58. The summed E-state index contributed by atoms with van der Waals surface area (Å²) in [4.78, 5) is 134. The van der Waals surface area contributed by atoms with Crippen LogP contribution in [0.15, 0.2) is 97.1 Å². The Morgan fingerprint density at radius 3 is 1.67 bits per heavy atom. The van der Waals surface area contributed by atoms with Gasteiger partial charge in [-0.2, -0.15) is 0 Å². The maximum Gasteiger partial charge on any atom is 0.410 e. The second-order valence-corrected chi connectivity index (χ2v) is 26.4. The fraction of sp³-hybridized carbons (Fsp3) is 0.493. The van der Waals surface area contributed by atoms with Gasteiger partial charge in [0.1, 0.15) is 36.9 Å². The van der Waals surface area contributed by atoms with E-state index < -0.39 is 126 Å². The van der Waals surface area contributed by atoms with Crippen LogP contribution in [-0.2, 0) is 88.0 Å². The number of benzene rings is 4. The van der Waals surface area contributed by atoms with Crippen molar-refractivity contribution in [2.45, 2.75) is 188 Å². The number of H-pyrrole nitrogens is 1. The molecule has 0 saturated carbocycles. The largest absolute Gasteiger partial charge is 0.456 e. The number of carbonyl (C=O) groups is 9. The van der Waals surface area contributed by atoms with E-state index in [-0.39, 0.29) is 62.1 Å². The van der Waals surface area contributed by atoms with E-state index >= 15 is 18.4 Å². The molecule has 2 N–H and O–H groups in total. The van der Waals surface area contributed by atoms with Gasteiger partial charge in [0.05, 0.1) is 29.1 Å². The molecule has 3 aliphatic rings. The van der Waals surface area contributed by atoms with Crippen LogP contribution in [-0.4, -0.2) is 165 Å². The highest BCUT2D eigenvalue weighted by atomic mass is 19.1. The van der Waals surface area contributed by atoms with Gasteiger partial charge < -0.3 is 58.0 Å². The summed E-state index contributed by atoms with van der Waals surface area (Å²) in [5.41, 5.74) is 3.81. The van der Waals surface area contributed by atoms with Gasteiger partial charge >= 0.3 is 30.1 Å². The summed E-state index contributed by atoms with van der Waals surface area (Å²) in [6, 6.07) is 22.4. The molecule has 3 aliphatic heterocycles. The topological polar surface area (TPSA) is 255 Å². The number of esters is 3. The molecular weight excluding hydrogens is 1250 g/mol. The Hall–Kier alpha value is -9.19. The van der Waals surface area contributed by atoms with E-state index in [0.29, 0.717) is 71.0 Å². The number of Topliss-reactive ketones (excluding diaryl/α,β-unsaturated/α-hetero) is 1. The number of rotatable bonds is 24. The first-order valence-corrected chi connectivity index (χ1v) is 33.2. The van der Waals surface area contributed by atoms with E-state index in [1.807, 2.05) is 62.4 Å². The molecule has 22 nitrogen and oxygen atoms in total. The van der Waals surface area contributed by atoms with Gasteiger partial charge in [-0.05, 0) is 130 Å². The third-order valence-electron chi connectivity index (χ3n) is 19.0. The van der Waals surface area contributed by atoms with Crippen molar-refractivity contribution in [2.24, 2.45) is 17.8 Å². The molecule has 3 fully saturated rings. The molecular formula is C73H89F2N7O15. The number of hydrogen-bond acceptors (Lipinski definition) is 15. The Labute approximate surface area is 563 Å². The molecule has 24 heteroatoms. The normalized spacial score (nSPS) is 20.6. The quantitative estimate of drug-likeness (QED) is 0.0422. The number of nitrogens with zero attached hydrogens (tertiary/aromatic N) is 5. The van der Waals surface area contributed by atoms with Crippen molar-refractivity contribution >= 4 is 75.4 Å². The molecule has 97 heavy (non-hydrogen) atoms. The molecule has 0 aliphatic carbocycles. The Morgan fingerprint density at radius 2 is 1.12 bits per heavy atom. The SMILES string of the molecule is CC(=O)O[C@@H]1[C@H](OC(C)=O)[C@H](C)O[C@H](n2c(-c3[nH]c4cc(F)ccc4c3CC3CCCN3C(=O)[C@@H](CC(=O)[C@H](C)N(C)C(=O)OCc3ccccc3)C(C)C)c(C[C@@H]3CCCN3C(=O)[C@@H](NC(=O)[C@H](C)N(C)C(=O)OCc3ccccc3)C(C)C)c3ccc(F)cc32)[C@H]1OC(C)=O. The Morgan fingerprint density at radius 1 is 0.619 bits per heavy atom. The van der Waals surface area contributed by atoms with Gasteiger partial charge in [-0.25, -0.2) is 18.4 Å². The molecule has 9 rings (SSSR count). The zero-order valence-corrected chi connectivity index (χ0v) is 57.1. The minimum Gasteiger partial charge on any atom is -0.456 e. The maximum atomic E-state index is 16.4. The van der Waals surface area contributed by atoms with Crippen LogP contribution in [0.3, 0.4) is 0 Å². The third kappa shape index (κ3) is 16.5. The zero-order chi connectivity index (χ0) is 70.3. The van der Waals surface area contributed by atoms with E-state index in [2.05, 4.69) is 10.3 Å². The first-order chi connectivity index (χ1) is 46.1. The van der Waals surface area contributed by atoms with Gasteiger partial charge in [0.2, 0.25) is 17.7 Å². The second kappa shape index (κ2) is 31.3. The number of hydrogen-bond donors (Lipinski definition) is 2. The first-order valence-electron chi connectivity index (χ1n) is 33.2. The minimum absolute atomic E-state index is 0.0000620. The molecule has 11 atom stereocenters.